The largest absolute Gasteiger partial charge is 0.276 e. The third-order valence-corrected chi connectivity index (χ3v) is 2.05. The fraction of sp³-hybridized carbons (Fsp3) is 0.200. The van der Waals surface area contributed by atoms with Gasteiger partial charge in [-0.05, 0) is 48.7 Å². The summed E-state index contributed by atoms with van der Waals surface area (Å²) >= 11 is 5.39. The molecule has 1 aromatic rings. The lowest BCUT2D eigenvalue weighted by Crippen LogP contribution is -1.98. The molecule has 0 spiro atoms. The van der Waals surface area contributed by atoms with Crippen molar-refractivity contribution in [1.82, 2.24) is 0 Å². The number of hydrogen-bond donors (Lipinski definition) is 0. The number of halogens is 1. The number of hydrogen-bond acceptors (Lipinski definition) is 2. The summed E-state index contributed by atoms with van der Waals surface area (Å²) in [4.78, 5) is 11.0. The topological polar surface area (TPSA) is 40.9 Å². The molecule has 0 fully saturated rings. The first-order chi connectivity index (χ1) is 6.06. The SMILES string of the molecule is Cc1cc(C#N)cc(C)c1C(=O)Cl. The highest BCUT2D eigenvalue weighted by molar-refractivity contribution is 6.68. The van der Waals surface area contributed by atoms with E-state index in [9.17, 15) is 4.79 Å². The molecule has 0 amide bonds. The summed E-state index contributed by atoms with van der Waals surface area (Å²) in [7, 11) is 0. The molecule has 1 rings (SSSR count). The van der Waals surface area contributed by atoms with Gasteiger partial charge in [0.25, 0.3) is 5.24 Å². The summed E-state index contributed by atoms with van der Waals surface area (Å²) in [5.74, 6) is 0. The number of aryl methyl sites for hydroxylation is 2. The van der Waals surface area contributed by atoms with E-state index in [4.69, 9.17) is 16.9 Å². The van der Waals surface area contributed by atoms with Crippen molar-refractivity contribution >= 4 is 16.8 Å². The van der Waals surface area contributed by atoms with Gasteiger partial charge >= 0.3 is 0 Å². The molecule has 66 valence electrons. The molecule has 0 aromatic heterocycles. The first-order valence-corrected chi connectivity index (χ1v) is 4.15. The number of carbonyl (C=O) groups is 1. The molecule has 0 saturated carbocycles. The second-order valence-corrected chi connectivity index (χ2v) is 3.21. The normalized spacial score (nSPS) is 9.38. The van der Waals surface area contributed by atoms with Crippen molar-refractivity contribution in [2.45, 2.75) is 13.8 Å². The summed E-state index contributed by atoms with van der Waals surface area (Å²) in [6.45, 7) is 3.53. The van der Waals surface area contributed by atoms with Crippen LogP contribution in [0.4, 0.5) is 0 Å². The van der Waals surface area contributed by atoms with Crippen LogP contribution in [0.1, 0.15) is 27.0 Å². The molecular weight excluding hydrogens is 186 g/mol. The zero-order valence-electron chi connectivity index (χ0n) is 7.39. The Morgan fingerprint density at radius 1 is 1.38 bits per heavy atom. The van der Waals surface area contributed by atoms with Gasteiger partial charge in [0.15, 0.2) is 0 Å². The smallest absolute Gasteiger partial charge is 0.252 e. The van der Waals surface area contributed by atoms with Gasteiger partial charge in [-0.15, -0.1) is 0 Å². The van der Waals surface area contributed by atoms with Crippen LogP contribution in [0.2, 0.25) is 0 Å². The van der Waals surface area contributed by atoms with Crippen LogP contribution in [0.25, 0.3) is 0 Å². The van der Waals surface area contributed by atoms with Crippen molar-refractivity contribution in [1.29, 1.82) is 5.26 Å². The van der Waals surface area contributed by atoms with Crippen molar-refractivity contribution < 1.29 is 4.79 Å². The van der Waals surface area contributed by atoms with Crippen molar-refractivity contribution in [3.05, 3.63) is 34.4 Å². The van der Waals surface area contributed by atoms with E-state index in [1.54, 1.807) is 26.0 Å². The van der Waals surface area contributed by atoms with Crippen molar-refractivity contribution in [3.63, 3.8) is 0 Å². The first kappa shape index (κ1) is 9.76. The van der Waals surface area contributed by atoms with Gasteiger partial charge in [-0.2, -0.15) is 5.26 Å². The van der Waals surface area contributed by atoms with E-state index in [1.807, 2.05) is 6.07 Å². The maximum Gasteiger partial charge on any atom is 0.252 e. The lowest BCUT2D eigenvalue weighted by molar-refractivity contribution is 0.108. The number of nitrogens with zero attached hydrogens (tertiary/aromatic N) is 1. The number of carbonyl (C=O) groups excluding carboxylic acids is 1. The Kier molecular flexibility index (Phi) is 2.69. The minimum atomic E-state index is -0.473. The van der Waals surface area contributed by atoms with Crippen molar-refractivity contribution in [2.75, 3.05) is 0 Å². The van der Waals surface area contributed by atoms with E-state index in [0.29, 0.717) is 11.1 Å². The molecule has 0 bridgehead atoms. The van der Waals surface area contributed by atoms with Crippen LogP contribution in [0, 0.1) is 25.2 Å². The second kappa shape index (κ2) is 3.59. The molecule has 1 aromatic carbocycles. The van der Waals surface area contributed by atoms with Gasteiger partial charge in [0.05, 0.1) is 11.6 Å². The summed E-state index contributed by atoms with van der Waals surface area (Å²) < 4.78 is 0. The number of rotatable bonds is 1. The van der Waals surface area contributed by atoms with Crippen LogP contribution in [-0.4, -0.2) is 5.24 Å². The summed E-state index contributed by atoms with van der Waals surface area (Å²) in [6.07, 6.45) is 0. The monoisotopic (exact) mass is 193 g/mol. The molecule has 0 unspecified atom stereocenters. The van der Waals surface area contributed by atoms with Crippen molar-refractivity contribution in [2.24, 2.45) is 0 Å². The Hall–Kier alpha value is -1.33. The molecule has 0 saturated heterocycles. The Labute approximate surface area is 81.7 Å². The first-order valence-electron chi connectivity index (χ1n) is 3.77. The molecule has 0 N–H and O–H groups in total. The molecule has 0 aliphatic carbocycles. The lowest BCUT2D eigenvalue weighted by atomic mass is 10.0. The van der Waals surface area contributed by atoms with Crippen LogP contribution < -0.4 is 0 Å². The number of nitriles is 1. The number of benzene rings is 1. The van der Waals surface area contributed by atoms with E-state index >= 15 is 0 Å². The predicted octanol–water partition coefficient (Wildman–Crippen LogP) is 2.55. The van der Waals surface area contributed by atoms with E-state index in [0.717, 1.165) is 11.1 Å². The minimum absolute atomic E-state index is 0.473. The lowest BCUT2D eigenvalue weighted by Gasteiger charge is -2.04. The van der Waals surface area contributed by atoms with Crippen molar-refractivity contribution in [3.8, 4) is 6.07 Å². The fourth-order valence-corrected chi connectivity index (χ4v) is 1.64. The van der Waals surface area contributed by atoms with Gasteiger partial charge in [-0.3, -0.25) is 4.79 Å². The Balaban J connectivity index is 3.42. The zero-order valence-corrected chi connectivity index (χ0v) is 8.14. The highest BCUT2D eigenvalue weighted by atomic mass is 35.5. The molecule has 3 heteroatoms. The molecule has 2 nitrogen and oxygen atoms in total. The second-order valence-electron chi connectivity index (χ2n) is 2.87. The maximum atomic E-state index is 11.0. The summed E-state index contributed by atoms with van der Waals surface area (Å²) in [5, 5.41) is 8.18. The van der Waals surface area contributed by atoms with E-state index < -0.39 is 5.24 Å². The van der Waals surface area contributed by atoms with Crippen LogP contribution in [0.5, 0.6) is 0 Å². The molecule has 13 heavy (non-hydrogen) atoms. The molecule has 0 atom stereocenters. The van der Waals surface area contributed by atoms with Crippen LogP contribution in [0.15, 0.2) is 12.1 Å². The van der Waals surface area contributed by atoms with E-state index in [-0.39, 0.29) is 0 Å². The molecule has 0 heterocycles. The van der Waals surface area contributed by atoms with Gasteiger partial charge in [-0.25, -0.2) is 0 Å². The van der Waals surface area contributed by atoms with Gasteiger partial charge in [0, 0.05) is 5.56 Å². The predicted molar refractivity (Wildman–Crippen MR) is 50.8 cm³/mol. The van der Waals surface area contributed by atoms with Crippen LogP contribution >= 0.6 is 11.6 Å². The molecule has 0 aliphatic heterocycles. The average Bonchev–Trinajstić information content (AvgIpc) is 2.02. The van der Waals surface area contributed by atoms with Crippen LogP contribution in [0.3, 0.4) is 0 Å². The standard InChI is InChI=1S/C10H8ClNO/c1-6-3-8(5-12)4-7(2)9(6)10(11)13/h3-4H,1-2H3. The van der Waals surface area contributed by atoms with E-state index in [1.165, 1.54) is 0 Å². The maximum absolute atomic E-state index is 11.0. The highest BCUT2D eigenvalue weighted by Crippen LogP contribution is 2.18. The van der Waals surface area contributed by atoms with Crippen LogP contribution in [-0.2, 0) is 0 Å². The Morgan fingerprint density at radius 2 is 1.85 bits per heavy atom. The van der Waals surface area contributed by atoms with Gasteiger partial charge in [0.1, 0.15) is 0 Å². The summed E-state index contributed by atoms with van der Waals surface area (Å²) in [5.41, 5.74) is 2.55. The average molecular weight is 194 g/mol. The molecule has 0 aliphatic rings. The third-order valence-electron chi connectivity index (χ3n) is 1.86. The zero-order chi connectivity index (χ0) is 10.0. The van der Waals surface area contributed by atoms with Gasteiger partial charge < -0.3 is 0 Å². The Bertz CT molecular complexity index is 381. The highest BCUT2D eigenvalue weighted by Gasteiger charge is 2.10. The van der Waals surface area contributed by atoms with E-state index in [2.05, 4.69) is 0 Å². The fourth-order valence-electron chi connectivity index (χ4n) is 1.34. The quantitative estimate of drug-likeness (QED) is 0.644. The molecule has 0 radical (unpaired) electrons. The van der Waals surface area contributed by atoms with Gasteiger partial charge in [-0.1, -0.05) is 0 Å². The minimum Gasteiger partial charge on any atom is -0.276 e. The summed E-state index contributed by atoms with van der Waals surface area (Å²) in [6, 6.07) is 5.33. The Morgan fingerprint density at radius 3 is 2.15 bits per heavy atom. The third kappa shape index (κ3) is 1.88. The van der Waals surface area contributed by atoms with Gasteiger partial charge in [0.2, 0.25) is 0 Å². The molecular formula is C10H8ClNO.